The Labute approximate surface area is 141 Å². The second kappa shape index (κ2) is 7.04. The van der Waals surface area contributed by atoms with Crippen LogP contribution in [0.1, 0.15) is 11.3 Å². The number of aliphatic hydroxyl groups excluding tert-OH is 2. The summed E-state index contributed by atoms with van der Waals surface area (Å²) in [6.45, 7) is 0.121. The van der Waals surface area contributed by atoms with Crippen LogP contribution in [0.4, 0.5) is 0 Å². The average molecular weight is 308 g/mol. The zero-order valence-electron chi connectivity index (χ0n) is 10.9. The normalized spacial score (nSPS) is 29.2. The summed E-state index contributed by atoms with van der Waals surface area (Å²) in [6, 6.07) is 3.63. The molecule has 1 aliphatic rings. The van der Waals surface area contributed by atoms with Gasteiger partial charge in [-0.3, -0.25) is 0 Å². The van der Waals surface area contributed by atoms with Gasteiger partial charge in [-0.25, -0.2) is 0 Å². The molecule has 8 heteroatoms. The van der Waals surface area contributed by atoms with E-state index in [-0.39, 0.29) is 41.9 Å². The Kier molecular flexibility index (Phi) is 6.21. The van der Waals surface area contributed by atoms with Gasteiger partial charge < -0.3 is 30.0 Å². The number of ether oxygens (including phenoxy) is 1. The largest absolute Gasteiger partial charge is 1.00 e. The van der Waals surface area contributed by atoms with Gasteiger partial charge in [0, 0.05) is 11.3 Å². The van der Waals surface area contributed by atoms with Crippen LogP contribution < -0.4 is 34.7 Å². The molecule has 0 fully saturated rings. The van der Waals surface area contributed by atoms with Gasteiger partial charge in [0.1, 0.15) is 24.1 Å². The van der Waals surface area contributed by atoms with Crippen molar-refractivity contribution in [3.05, 3.63) is 34.2 Å². The zero-order chi connectivity index (χ0) is 14.0. The molecule has 0 unspecified atom stereocenters. The minimum absolute atomic E-state index is 0. The molecular formula is C12H13NaO6S. The summed E-state index contributed by atoms with van der Waals surface area (Å²) in [5.74, 6) is -1.91. The summed E-state index contributed by atoms with van der Waals surface area (Å²) in [5, 5.41) is 41.8. The SMILES string of the molecule is O=C([O-])[C@]1(O)C=C(OCc2cccs2)[C@@H](O)[C@H](O)C1.[Na+]. The van der Waals surface area contributed by atoms with Gasteiger partial charge in [0.25, 0.3) is 0 Å². The van der Waals surface area contributed by atoms with E-state index in [1.807, 2.05) is 17.5 Å². The van der Waals surface area contributed by atoms with Gasteiger partial charge >= 0.3 is 29.6 Å². The van der Waals surface area contributed by atoms with Crippen molar-refractivity contribution in [3.63, 3.8) is 0 Å². The minimum atomic E-state index is -2.33. The predicted molar refractivity (Wildman–Crippen MR) is 63.8 cm³/mol. The van der Waals surface area contributed by atoms with E-state index < -0.39 is 30.2 Å². The molecule has 0 amide bonds. The van der Waals surface area contributed by atoms with Gasteiger partial charge in [0.2, 0.25) is 0 Å². The number of aliphatic hydroxyl groups is 3. The first kappa shape index (κ1) is 17.6. The first-order valence-electron chi connectivity index (χ1n) is 5.60. The molecular weight excluding hydrogens is 295 g/mol. The predicted octanol–water partition coefficient (Wildman–Crippen LogP) is -4.24. The van der Waals surface area contributed by atoms with E-state index in [2.05, 4.69) is 0 Å². The van der Waals surface area contributed by atoms with E-state index in [1.54, 1.807) is 0 Å². The maximum atomic E-state index is 10.9. The average Bonchev–Trinajstić information content (AvgIpc) is 2.85. The Morgan fingerprint density at radius 1 is 1.55 bits per heavy atom. The smallest absolute Gasteiger partial charge is 0.547 e. The van der Waals surface area contributed by atoms with Gasteiger partial charge in [0.05, 0.1) is 12.1 Å². The van der Waals surface area contributed by atoms with Gasteiger partial charge in [-0.15, -0.1) is 11.3 Å². The zero-order valence-corrected chi connectivity index (χ0v) is 13.7. The van der Waals surface area contributed by atoms with E-state index in [1.165, 1.54) is 11.3 Å². The van der Waals surface area contributed by atoms with Crippen molar-refractivity contribution in [1.82, 2.24) is 0 Å². The van der Waals surface area contributed by atoms with Crippen LogP contribution in [0.5, 0.6) is 0 Å². The fourth-order valence-corrected chi connectivity index (χ4v) is 2.43. The number of hydrogen-bond acceptors (Lipinski definition) is 7. The Hall–Kier alpha value is -0.410. The third kappa shape index (κ3) is 3.82. The second-order valence-electron chi connectivity index (χ2n) is 4.34. The molecule has 1 aliphatic carbocycles. The molecule has 104 valence electrons. The maximum absolute atomic E-state index is 10.9. The summed E-state index contributed by atoms with van der Waals surface area (Å²) < 4.78 is 5.27. The first-order valence-corrected chi connectivity index (χ1v) is 6.48. The van der Waals surface area contributed by atoms with Gasteiger partial charge in [0.15, 0.2) is 0 Å². The molecule has 0 aliphatic heterocycles. The molecule has 0 bridgehead atoms. The van der Waals surface area contributed by atoms with Crippen LogP contribution in [-0.2, 0) is 16.1 Å². The molecule has 0 saturated heterocycles. The Balaban J connectivity index is 0.00000200. The van der Waals surface area contributed by atoms with E-state index >= 15 is 0 Å². The quantitative estimate of drug-likeness (QED) is 0.486. The van der Waals surface area contributed by atoms with Crippen LogP contribution in [0.15, 0.2) is 29.3 Å². The minimum Gasteiger partial charge on any atom is -0.547 e. The molecule has 0 aromatic carbocycles. The number of thiophene rings is 1. The number of carbonyl (C=O) groups is 1. The van der Waals surface area contributed by atoms with Crippen LogP contribution in [0, 0.1) is 0 Å². The molecule has 1 aromatic rings. The third-order valence-electron chi connectivity index (χ3n) is 2.87. The third-order valence-corrected chi connectivity index (χ3v) is 3.72. The number of rotatable bonds is 4. The Morgan fingerprint density at radius 3 is 2.80 bits per heavy atom. The molecule has 1 heterocycles. The second-order valence-corrected chi connectivity index (χ2v) is 5.38. The van der Waals surface area contributed by atoms with Crippen LogP contribution in [0.3, 0.4) is 0 Å². The van der Waals surface area contributed by atoms with E-state index in [9.17, 15) is 25.2 Å². The van der Waals surface area contributed by atoms with Crippen molar-refractivity contribution in [3.8, 4) is 0 Å². The summed E-state index contributed by atoms with van der Waals surface area (Å²) in [6.07, 6.45) is -2.44. The van der Waals surface area contributed by atoms with E-state index in [4.69, 9.17) is 4.74 Å². The molecule has 1 aromatic heterocycles. The molecule has 20 heavy (non-hydrogen) atoms. The topological polar surface area (TPSA) is 110 Å². The van der Waals surface area contributed by atoms with Crippen molar-refractivity contribution < 1.29 is 59.5 Å². The number of aliphatic carboxylic acids is 1. The van der Waals surface area contributed by atoms with Crippen molar-refractivity contribution in [1.29, 1.82) is 0 Å². The van der Waals surface area contributed by atoms with Crippen molar-refractivity contribution in [2.45, 2.75) is 30.8 Å². The van der Waals surface area contributed by atoms with Gasteiger partial charge in [-0.1, -0.05) is 6.07 Å². The van der Waals surface area contributed by atoms with Gasteiger partial charge in [-0.2, -0.15) is 0 Å². The van der Waals surface area contributed by atoms with Crippen LogP contribution in [0.2, 0.25) is 0 Å². The maximum Gasteiger partial charge on any atom is 1.00 e. The molecule has 3 N–H and O–H groups in total. The van der Waals surface area contributed by atoms with Crippen molar-refractivity contribution >= 4 is 17.3 Å². The van der Waals surface area contributed by atoms with Crippen LogP contribution >= 0.6 is 11.3 Å². The first-order chi connectivity index (χ1) is 8.92. The van der Waals surface area contributed by atoms with Crippen molar-refractivity contribution in [2.75, 3.05) is 0 Å². The summed E-state index contributed by atoms with van der Waals surface area (Å²) in [7, 11) is 0. The summed E-state index contributed by atoms with van der Waals surface area (Å²) >= 11 is 1.43. The fraction of sp³-hybridized carbons (Fsp3) is 0.417. The molecule has 6 nitrogen and oxygen atoms in total. The summed E-state index contributed by atoms with van der Waals surface area (Å²) in [4.78, 5) is 11.7. The van der Waals surface area contributed by atoms with E-state index in [0.29, 0.717) is 0 Å². The molecule has 0 radical (unpaired) electrons. The van der Waals surface area contributed by atoms with Crippen LogP contribution in [-0.4, -0.2) is 39.1 Å². The van der Waals surface area contributed by atoms with Crippen molar-refractivity contribution in [2.24, 2.45) is 0 Å². The standard InChI is InChI=1S/C12H14O6S.Na/c13-8-4-12(17,11(15)16)5-9(10(8)14)18-6-7-2-1-3-19-7;/h1-3,5,8,10,13-14,17H,4,6H2,(H,15,16);/q;+1/p-1/t8-,10+,12-;/m1./s1. The molecule has 0 spiro atoms. The molecule has 0 saturated carbocycles. The Bertz CT molecular complexity index is 488. The molecule has 3 atom stereocenters. The Morgan fingerprint density at radius 2 is 2.25 bits per heavy atom. The van der Waals surface area contributed by atoms with E-state index in [0.717, 1.165) is 11.0 Å². The monoisotopic (exact) mass is 308 g/mol. The molecule has 2 rings (SSSR count). The summed E-state index contributed by atoms with van der Waals surface area (Å²) in [5.41, 5.74) is -2.33. The van der Waals surface area contributed by atoms with Crippen LogP contribution in [0.25, 0.3) is 0 Å². The number of hydrogen-bond donors (Lipinski definition) is 3. The van der Waals surface area contributed by atoms with Gasteiger partial charge in [-0.05, 0) is 17.5 Å². The number of carboxylic acid groups (broad SMARTS) is 1. The number of carboxylic acids is 1. The fourth-order valence-electron chi connectivity index (χ4n) is 1.82. The number of carbonyl (C=O) groups excluding carboxylic acids is 1.